The summed E-state index contributed by atoms with van der Waals surface area (Å²) in [5.41, 5.74) is 2.38. The molecule has 0 saturated carbocycles. The highest BCUT2D eigenvalue weighted by molar-refractivity contribution is 5.45. The summed E-state index contributed by atoms with van der Waals surface area (Å²) in [6.07, 6.45) is 4.56. The van der Waals surface area contributed by atoms with Gasteiger partial charge >= 0.3 is 0 Å². The van der Waals surface area contributed by atoms with E-state index in [2.05, 4.69) is 60.2 Å². The second-order valence-corrected chi connectivity index (χ2v) is 6.20. The predicted molar refractivity (Wildman–Crippen MR) is 85.1 cm³/mol. The highest BCUT2D eigenvalue weighted by Crippen LogP contribution is 2.19. The summed E-state index contributed by atoms with van der Waals surface area (Å²) < 4.78 is 0. The average Bonchev–Trinajstić information content (AvgIpc) is 2.82. The van der Waals surface area contributed by atoms with Crippen molar-refractivity contribution in [2.45, 2.75) is 45.3 Å². The van der Waals surface area contributed by atoms with Crippen LogP contribution in [0.5, 0.6) is 0 Å². The van der Waals surface area contributed by atoms with Gasteiger partial charge in [-0.3, -0.25) is 4.98 Å². The minimum absolute atomic E-state index is 0.491. The fraction of sp³-hybridized carbons (Fsp3) is 0.688. The molecule has 1 aliphatic rings. The maximum Gasteiger partial charge on any atom is 0.0562 e. The van der Waals surface area contributed by atoms with Gasteiger partial charge in [0.1, 0.15) is 0 Å². The smallest absolute Gasteiger partial charge is 0.0562 e. The number of hydrogen-bond donors (Lipinski definition) is 1. The Labute approximate surface area is 123 Å². The zero-order chi connectivity index (χ0) is 14.5. The van der Waals surface area contributed by atoms with Gasteiger partial charge in [-0.1, -0.05) is 13.8 Å². The number of rotatable bonds is 6. The van der Waals surface area contributed by atoms with E-state index in [1.54, 1.807) is 0 Å². The molecular formula is C16H28N4. The van der Waals surface area contributed by atoms with Crippen LogP contribution in [0.3, 0.4) is 0 Å². The second kappa shape index (κ2) is 7.04. The molecule has 1 saturated heterocycles. The Bertz CT molecular complexity index is 419. The molecular weight excluding hydrogens is 248 g/mol. The van der Waals surface area contributed by atoms with Crippen LogP contribution in [-0.2, 0) is 6.54 Å². The normalized spacial score (nSPS) is 19.8. The molecule has 1 N–H and O–H groups in total. The van der Waals surface area contributed by atoms with Crippen LogP contribution >= 0.6 is 0 Å². The Morgan fingerprint density at radius 2 is 2.30 bits per heavy atom. The zero-order valence-electron chi connectivity index (χ0n) is 13.3. The first-order valence-electron chi connectivity index (χ1n) is 7.66. The summed E-state index contributed by atoms with van der Waals surface area (Å²) in [6.45, 7) is 7.48. The number of aromatic nitrogens is 1. The first-order chi connectivity index (χ1) is 9.56. The number of likely N-dealkylation sites (N-methyl/N-ethyl adjacent to an activating group) is 2. The molecule has 0 aromatic carbocycles. The number of nitrogens with zero attached hydrogens (tertiary/aromatic N) is 3. The fourth-order valence-corrected chi connectivity index (χ4v) is 2.74. The van der Waals surface area contributed by atoms with E-state index >= 15 is 0 Å². The van der Waals surface area contributed by atoms with Crippen LogP contribution in [0.2, 0.25) is 0 Å². The molecule has 1 unspecified atom stereocenters. The van der Waals surface area contributed by atoms with Crippen LogP contribution in [0.15, 0.2) is 18.3 Å². The van der Waals surface area contributed by atoms with Crippen LogP contribution in [0.1, 0.15) is 32.4 Å². The van der Waals surface area contributed by atoms with Crippen LogP contribution in [0.25, 0.3) is 0 Å². The van der Waals surface area contributed by atoms with E-state index in [0.29, 0.717) is 12.1 Å². The first-order valence-corrected chi connectivity index (χ1v) is 7.66. The standard InChI is InChI=1S/C16H28N4/c1-13(2)18-11-14-10-15(7-8-17-14)20(4)12-16-6-5-9-19(16)3/h7-8,10,13,16,18H,5-6,9,11-12H2,1-4H3. The van der Waals surface area contributed by atoms with E-state index in [1.165, 1.54) is 25.1 Å². The number of likely N-dealkylation sites (tertiary alicyclic amines) is 1. The van der Waals surface area contributed by atoms with Gasteiger partial charge in [-0.2, -0.15) is 0 Å². The Kier molecular flexibility index (Phi) is 5.38. The van der Waals surface area contributed by atoms with Crippen molar-refractivity contribution in [2.24, 2.45) is 0 Å². The maximum absolute atomic E-state index is 4.44. The molecule has 0 bridgehead atoms. The summed E-state index contributed by atoms with van der Waals surface area (Å²) in [5.74, 6) is 0. The molecule has 1 aromatic heterocycles. The monoisotopic (exact) mass is 276 g/mol. The van der Waals surface area contributed by atoms with Crippen molar-refractivity contribution in [1.82, 2.24) is 15.2 Å². The van der Waals surface area contributed by atoms with E-state index in [9.17, 15) is 0 Å². The van der Waals surface area contributed by atoms with Gasteiger partial charge in [0.05, 0.1) is 5.69 Å². The van der Waals surface area contributed by atoms with Crippen molar-refractivity contribution in [1.29, 1.82) is 0 Å². The molecule has 1 aromatic rings. The van der Waals surface area contributed by atoms with Gasteiger partial charge in [0, 0.05) is 44.1 Å². The predicted octanol–water partition coefficient (Wildman–Crippen LogP) is 2.11. The summed E-state index contributed by atoms with van der Waals surface area (Å²) in [7, 11) is 4.41. The Morgan fingerprint density at radius 1 is 1.50 bits per heavy atom. The summed E-state index contributed by atoms with van der Waals surface area (Å²) in [4.78, 5) is 9.27. The van der Waals surface area contributed by atoms with Crippen LogP contribution in [0.4, 0.5) is 5.69 Å². The summed E-state index contributed by atoms with van der Waals surface area (Å²) in [5, 5.41) is 3.42. The average molecular weight is 276 g/mol. The molecule has 4 nitrogen and oxygen atoms in total. The molecule has 2 rings (SSSR count). The highest BCUT2D eigenvalue weighted by Gasteiger charge is 2.22. The molecule has 4 heteroatoms. The highest BCUT2D eigenvalue weighted by atomic mass is 15.2. The Hall–Kier alpha value is -1.13. The third-order valence-corrected chi connectivity index (χ3v) is 4.09. The molecule has 1 fully saturated rings. The van der Waals surface area contributed by atoms with Gasteiger partial charge in [0.25, 0.3) is 0 Å². The summed E-state index contributed by atoms with van der Waals surface area (Å²) in [6, 6.07) is 5.48. The molecule has 20 heavy (non-hydrogen) atoms. The van der Waals surface area contributed by atoms with E-state index in [4.69, 9.17) is 0 Å². The SMILES string of the molecule is CC(C)NCc1cc(N(C)CC2CCCN2C)ccn1. The molecule has 0 radical (unpaired) electrons. The lowest BCUT2D eigenvalue weighted by atomic mass is 10.2. The molecule has 0 aliphatic carbocycles. The van der Waals surface area contributed by atoms with Crippen LogP contribution in [-0.4, -0.2) is 49.2 Å². The Balaban J connectivity index is 1.95. The summed E-state index contributed by atoms with van der Waals surface area (Å²) >= 11 is 0. The lowest BCUT2D eigenvalue weighted by molar-refractivity contribution is 0.314. The molecule has 112 valence electrons. The van der Waals surface area contributed by atoms with E-state index < -0.39 is 0 Å². The minimum atomic E-state index is 0.491. The van der Waals surface area contributed by atoms with Crippen LogP contribution in [0, 0.1) is 0 Å². The lowest BCUT2D eigenvalue weighted by Gasteiger charge is -2.27. The number of pyridine rings is 1. The zero-order valence-corrected chi connectivity index (χ0v) is 13.3. The third-order valence-electron chi connectivity index (χ3n) is 4.09. The van der Waals surface area contributed by atoms with Crippen molar-refractivity contribution < 1.29 is 0 Å². The lowest BCUT2D eigenvalue weighted by Crippen LogP contribution is -2.36. The van der Waals surface area contributed by atoms with Crippen molar-refractivity contribution >= 4 is 5.69 Å². The van der Waals surface area contributed by atoms with Gasteiger partial charge in [0.2, 0.25) is 0 Å². The minimum Gasteiger partial charge on any atom is -0.373 e. The maximum atomic E-state index is 4.44. The molecule has 1 atom stereocenters. The van der Waals surface area contributed by atoms with E-state index in [-0.39, 0.29) is 0 Å². The molecule has 0 spiro atoms. The van der Waals surface area contributed by atoms with E-state index in [0.717, 1.165) is 18.8 Å². The van der Waals surface area contributed by atoms with Gasteiger partial charge < -0.3 is 15.1 Å². The van der Waals surface area contributed by atoms with Gasteiger partial charge in [0.15, 0.2) is 0 Å². The van der Waals surface area contributed by atoms with Gasteiger partial charge in [-0.05, 0) is 38.6 Å². The molecule has 2 heterocycles. The molecule has 0 amide bonds. The molecule has 1 aliphatic heterocycles. The first kappa shape index (κ1) is 15.3. The second-order valence-electron chi connectivity index (χ2n) is 6.20. The number of hydrogen-bond acceptors (Lipinski definition) is 4. The van der Waals surface area contributed by atoms with E-state index in [1.807, 2.05) is 6.20 Å². The topological polar surface area (TPSA) is 31.4 Å². The van der Waals surface area contributed by atoms with Gasteiger partial charge in [-0.25, -0.2) is 0 Å². The van der Waals surface area contributed by atoms with Crippen molar-refractivity contribution in [3.8, 4) is 0 Å². The van der Waals surface area contributed by atoms with Crippen molar-refractivity contribution in [2.75, 3.05) is 32.1 Å². The quantitative estimate of drug-likeness (QED) is 0.862. The van der Waals surface area contributed by atoms with Crippen LogP contribution < -0.4 is 10.2 Å². The largest absolute Gasteiger partial charge is 0.373 e. The number of nitrogens with one attached hydrogen (secondary N) is 1. The van der Waals surface area contributed by atoms with Gasteiger partial charge in [-0.15, -0.1) is 0 Å². The van der Waals surface area contributed by atoms with Crippen molar-refractivity contribution in [3.05, 3.63) is 24.0 Å². The Morgan fingerprint density at radius 3 is 2.95 bits per heavy atom. The third kappa shape index (κ3) is 4.18. The number of anilines is 1. The van der Waals surface area contributed by atoms with Crippen molar-refractivity contribution in [3.63, 3.8) is 0 Å². The fourth-order valence-electron chi connectivity index (χ4n) is 2.74.